The van der Waals surface area contributed by atoms with Gasteiger partial charge in [0.2, 0.25) is 0 Å². The van der Waals surface area contributed by atoms with Gasteiger partial charge < -0.3 is 10.5 Å². The van der Waals surface area contributed by atoms with Crippen molar-refractivity contribution in [1.29, 1.82) is 0 Å². The highest BCUT2D eigenvalue weighted by molar-refractivity contribution is 14.2. The van der Waals surface area contributed by atoms with Crippen LogP contribution in [0.5, 0.6) is 5.75 Å². The molecule has 2 N–H and O–H groups in total. The van der Waals surface area contributed by atoms with Gasteiger partial charge in [-0.25, -0.2) is 0 Å². The maximum absolute atomic E-state index is 5.75. The third kappa shape index (κ3) is 3.84. The highest BCUT2D eigenvalue weighted by atomic mass is 127. The van der Waals surface area contributed by atoms with Crippen molar-refractivity contribution in [1.82, 2.24) is 0 Å². The summed E-state index contributed by atoms with van der Waals surface area (Å²) in [6, 6.07) is 7.83. The van der Waals surface area contributed by atoms with Gasteiger partial charge >= 0.3 is 0 Å². The van der Waals surface area contributed by atoms with E-state index in [-0.39, 0.29) is 0 Å². The third-order valence-corrected chi connectivity index (χ3v) is 3.93. The lowest BCUT2D eigenvalue weighted by Crippen LogP contribution is -2.10. The standard InChI is InChI=1S/C8H10BINOP/c9-13(10)8-3-1-7(2-4-8)12-6-5-11/h1-4H,5-6,11H2. The van der Waals surface area contributed by atoms with Gasteiger partial charge in [-0.1, -0.05) is 39.6 Å². The van der Waals surface area contributed by atoms with Crippen LogP contribution in [0.4, 0.5) is 0 Å². The number of hydrogen-bond donors (Lipinski definition) is 1. The summed E-state index contributed by atoms with van der Waals surface area (Å²) in [7, 11) is 5.75. The fourth-order valence-corrected chi connectivity index (χ4v) is 2.26. The zero-order valence-corrected chi connectivity index (χ0v) is 10.2. The first-order valence-corrected chi connectivity index (χ1v) is 8.07. The van der Waals surface area contributed by atoms with E-state index in [0.29, 0.717) is 13.2 Å². The second-order valence-electron chi connectivity index (χ2n) is 2.44. The van der Waals surface area contributed by atoms with Crippen molar-refractivity contribution in [2.75, 3.05) is 13.2 Å². The van der Waals surface area contributed by atoms with Crippen molar-refractivity contribution in [2.24, 2.45) is 5.73 Å². The van der Waals surface area contributed by atoms with Crippen LogP contribution in [-0.2, 0) is 0 Å². The fraction of sp³-hybridized carbons (Fsp3) is 0.250. The van der Waals surface area contributed by atoms with Gasteiger partial charge in [-0.2, -0.15) is 0 Å². The summed E-state index contributed by atoms with van der Waals surface area (Å²) in [6.45, 7) is 1.10. The number of benzene rings is 1. The molecule has 0 spiro atoms. The smallest absolute Gasteiger partial charge is 0.129 e. The summed E-state index contributed by atoms with van der Waals surface area (Å²) in [5, 5.41) is 1.16. The van der Waals surface area contributed by atoms with E-state index in [9.17, 15) is 0 Å². The minimum absolute atomic E-state index is 0.531. The molecular weight excluding hydrogens is 295 g/mol. The quantitative estimate of drug-likeness (QED) is 0.520. The lowest BCUT2D eigenvalue weighted by atomic mass is 10.3. The number of hydrogen-bond acceptors (Lipinski definition) is 2. The molecule has 0 bridgehead atoms. The van der Waals surface area contributed by atoms with Crippen molar-refractivity contribution in [3.8, 4) is 5.75 Å². The predicted molar refractivity (Wildman–Crippen MR) is 67.3 cm³/mol. The molecule has 0 aliphatic heterocycles. The Kier molecular flexibility index (Phi) is 5.06. The molecule has 0 saturated heterocycles. The van der Waals surface area contributed by atoms with Crippen molar-refractivity contribution < 1.29 is 4.74 Å². The maximum Gasteiger partial charge on any atom is 0.129 e. The Balaban J connectivity index is 2.59. The first-order chi connectivity index (χ1) is 6.24. The minimum atomic E-state index is -0.531. The molecule has 0 amide bonds. The third-order valence-electron chi connectivity index (χ3n) is 1.47. The molecule has 0 heterocycles. The van der Waals surface area contributed by atoms with Crippen LogP contribution in [0.1, 0.15) is 0 Å². The summed E-state index contributed by atoms with van der Waals surface area (Å²) in [5.41, 5.74) is 4.78. The number of halogens is 1. The molecule has 1 aromatic carbocycles. The Bertz CT molecular complexity index is 255. The van der Waals surface area contributed by atoms with E-state index in [1.165, 1.54) is 0 Å². The van der Waals surface area contributed by atoms with Gasteiger partial charge in [0.25, 0.3) is 0 Å². The summed E-state index contributed by atoms with van der Waals surface area (Å²) in [6.07, 6.45) is 0. The van der Waals surface area contributed by atoms with Crippen LogP contribution in [0.15, 0.2) is 24.3 Å². The molecular formula is C8H10BINOP. The van der Waals surface area contributed by atoms with Crippen LogP contribution in [0.25, 0.3) is 0 Å². The first kappa shape index (κ1) is 11.3. The number of nitrogens with two attached hydrogens (primary N) is 1. The monoisotopic (exact) mass is 305 g/mol. The zero-order valence-electron chi connectivity index (χ0n) is 7.11. The van der Waals surface area contributed by atoms with E-state index in [1.807, 2.05) is 24.3 Å². The molecule has 0 fully saturated rings. The van der Waals surface area contributed by atoms with Gasteiger partial charge in [-0.3, -0.25) is 0 Å². The molecule has 5 heteroatoms. The van der Waals surface area contributed by atoms with Crippen LogP contribution in [0.2, 0.25) is 0 Å². The van der Waals surface area contributed by atoms with Crippen LogP contribution in [0, 0.1) is 0 Å². The maximum atomic E-state index is 5.75. The van der Waals surface area contributed by atoms with E-state index < -0.39 is 5.44 Å². The van der Waals surface area contributed by atoms with Crippen molar-refractivity contribution >= 4 is 40.4 Å². The lowest BCUT2D eigenvalue weighted by molar-refractivity contribution is 0.328. The molecule has 0 saturated carbocycles. The van der Waals surface area contributed by atoms with Crippen molar-refractivity contribution in [3.05, 3.63) is 24.3 Å². The van der Waals surface area contributed by atoms with Crippen LogP contribution in [-0.4, -0.2) is 20.7 Å². The van der Waals surface area contributed by atoms with Gasteiger partial charge in [0.05, 0.1) is 0 Å². The van der Waals surface area contributed by atoms with Crippen LogP contribution in [0.3, 0.4) is 0 Å². The average molecular weight is 305 g/mol. The molecule has 0 aliphatic rings. The highest BCUT2D eigenvalue weighted by Gasteiger charge is 1.99. The topological polar surface area (TPSA) is 35.2 Å². The Hall–Kier alpha value is 0.205. The van der Waals surface area contributed by atoms with Crippen LogP contribution < -0.4 is 15.8 Å². The van der Waals surface area contributed by atoms with Gasteiger partial charge in [0.1, 0.15) is 19.9 Å². The molecule has 0 aliphatic carbocycles. The van der Waals surface area contributed by atoms with Crippen LogP contribution >= 0.6 is 27.5 Å². The molecule has 1 rings (SSSR count). The van der Waals surface area contributed by atoms with E-state index in [2.05, 4.69) is 22.0 Å². The highest BCUT2D eigenvalue weighted by Crippen LogP contribution is 2.37. The number of rotatable bonds is 4. The largest absolute Gasteiger partial charge is 0.492 e. The normalized spacial score (nSPS) is 12.5. The second kappa shape index (κ2) is 5.84. The van der Waals surface area contributed by atoms with Gasteiger partial charge in [0, 0.05) is 6.54 Å². The SMILES string of the molecule is [B]P(I)c1ccc(OCCN)cc1. The first-order valence-electron chi connectivity index (χ1n) is 3.87. The summed E-state index contributed by atoms with van der Waals surface area (Å²) >= 11 is 2.23. The summed E-state index contributed by atoms with van der Waals surface area (Å²) in [4.78, 5) is 0. The van der Waals surface area contributed by atoms with Crippen molar-refractivity contribution in [2.45, 2.75) is 0 Å². The molecule has 2 nitrogen and oxygen atoms in total. The van der Waals surface area contributed by atoms with E-state index in [4.69, 9.17) is 18.0 Å². The van der Waals surface area contributed by atoms with Gasteiger partial charge in [-0.15, -0.1) is 0 Å². The molecule has 1 unspecified atom stereocenters. The van der Waals surface area contributed by atoms with E-state index >= 15 is 0 Å². The Morgan fingerprint density at radius 1 is 1.38 bits per heavy atom. The molecule has 0 aromatic heterocycles. The lowest BCUT2D eigenvalue weighted by Gasteiger charge is -2.07. The Morgan fingerprint density at radius 3 is 2.46 bits per heavy atom. The predicted octanol–water partition coefficient (Wildman–Crippen LogP) is 1.56. The molecule has 13 heavy (non-hydrogen) atoms. The van der Waals surface area contributed by atoms with Crippen molar-refractivity contribution in [3.63, 3.8) is 0 Å². The molecule has 2 radical (unpaired) electrons. The summed E-state index contributed by atoms with van der Waals surface area (Å²) in [5.74, 6) is 0.849. The minimum Gasteiger partial charge on any atom is -0.492 e. The van der Waals surface area contributed by atoms with E-state index in [0.717, 1.165) is 11.1 Å². The molecule has 1 atom stereocenters. The summed E-state index contributed by atoms with van der Waals surface area (Å²) < 4.78 is 5.33. The second-order valence-corrected chi connectivity index (χ2v) is 6.70. The Morgan fingerprint density at radius 2 is 2.00 bits per heavy atom. The average Bonchev–Trinajstić information content (AvgIpc) is 2.15. The van der Waals surface area contributed by atoms with E-state index in [1.54, 1.807) is 0 Å². The fourth-order valence-electron chi connectivity index (χ4n) is 0.862. The Labute approximate surface area is 93.8 Å². The van der Waals surface area contributed by atoms with Gasteiger partial charge in [0.15, 0.2) is 0 Å². The molecule has 1 aromatic rings. The number of ether oxygens (including phenoxy) is 1. The van der Waals surface area contributed by atoms with Gasteiger partial charge in [-0.05, 0) is 17.4 Å². The zero-order chi connectivity index (χ0) is 9.68. The molecule has 68 valence electrons.